The van der Waals surface area contributed by atoms with Crippen molar-refractivity contribution in [2.45, 2.75) is 26.5 Å². The quantitative estimate of drug-likeness (QED) is 0.591. The lowest BCUT2D eigenvalue weighted by atomic mass is 10.1. The maximum Gasteiger partial charge on any atom is 0.166 e. The van der Waals surface area contributed by atoms with Gasteiger partial charge in [0.15, 0.2) is 11.5 Å². The van der Waals surface area contributed by atoms with Crippen LogP contribution in [-0.2, 0) is 13.2 Å². The first-order valence-corrected chi connectivity index (χ1v) is 9.45. The molecule has 0 aromatic heterocycles. The zero-order valence-electron chi connectivity index (χ0n) is 15.9. The summed E-state index contributed by atoms with van der Waals surface area (Å²) >= 11 is 5.95. The van der Waals surface area contributed by atoms with Gasteiger partial charge in [0.25, 0.3) is 0 Å². The van der Waals surface area contributed by atoms with E-state index in [4.69, 9.17) is 21.1 Å². The number of ether oxygens (including phenoxy) is 2. The zero-order chi connectivity index (χ0) is 18.8. The number of halogens is 1. The molecule has 0 spiro atoms. The Labute approximate surface area is 162 Å². The fourth-order valence-electron chi connectivity index (χ4n) is 2.61. The highest BCUT2D eigenvalue weighted by molar-refractivity contribution is 6.30. The van der Waals surface area contributed by atoms with E-state index in [2.05, 4.69) is 30.4 Å². The first-order chi connectivity index (χ1) is 12.6. The normalized spacial score (nSPS) is 11.0. The van der Waals surface area contributed by atoms with E-state index in [9.17, 15) is 0 Å². The monoisotopic (exact) mass is 376 g/mol. The first-order valence-electron chi connectivity index (χ1n) is 9.07. The molecule has 0 unspecified atom stereocenters. The van der Waals surface area contributed by atoms with Gasteiger partial charge in [0, 0.05) is 17.1 Å². The minimum absolute atomic E-state index is 0.481. The third-order valence-corrected chi connectivity index (χ3v) is 4.18. The van der Waals surface area contributed by atoms with Crippen molar-refractivity contribution >= 4 is 11.6 Å². The second-order valence-electron chi connectivity index (χ2n) is 6.43. The van der Waals surface area contributed by atoms with Crippen molar-refractivity contribution in [1.29, 1.82) is 0 Å². The van der Waals surface area contributed by atoms with E-state index in [0.717, 1.165) is 53.7 Å². The van der Waals surface area contributed by atoms with Gasteiger partial charge in [-0.25, -0.2) is 0 Å². The molecule has 0 bridgehead atoms. The van der Waals surface area contributed by atoms with Gasteiger partial charge in [-0.05, 0) is 64.3 Å². The molecule has 0 amide bonds. The SMILES string of the molecule is CCOc1cccc(CNCCCN(C)C)c1OCc1ccc(Cl)cc1. The van der Waals surface area contributed by atoms with Gasteiger partial charge in [-0.15, -0.1) is 0 Å². The molecule has 0 fully saturated rings. The highest BCUT2D eigenvalue weighted by Crippen LogP contribution is 2.32. The molecule has 0 saturated carbocycles. The van der Waals surface area contributed by atoms with E-state index in [1.165, 1.54) is 0 Å². The summed E-state index contributed by atoms with van der Waals surface area (Å²) < 4.78 is 11.9. The molecule has 0 atom stereocenters. The molecule has 0 heterocycles. The predicted molar refractivity (Wildman–Crippen MR) is 108 cm³/mol. The summed E-state index contributed by atoms with van der Waals surface area (Å²) in [5, 5.41) is 4.22. The van der Waals surface area contributed by atoms with Crippen molar-refractivity contribution in [1.82, 2.24) is 10.2 Å². The molecule has 2 aromatic rings. The van der Waals surface area contributed by atoms with E-state index >= 15 is 0 Å². The molecular weight excluding hydrogens is 348 g/mol. The number of hydrogen-bond acceptors (Lipinski definition) is 4. The number of benzene rings is 2. The van der Waals surface area contributed by atoms with Crippen molar-refractivity contribution in [2.24, 2.45) is 0 Å². The largest absolute Gasteiger partial charge is 0.490 e. The van der Waals surface area contributed by atoms with Crippen molar-refractivity contribution in [3.05, 3.63) is 58.6 Å². The average molecular weight is 377 g/mol. The highest BCUT2D eigenvalue weighted by atomic mass is 35.5. The molecule has 4 nitrogen and oxygen atoms in total. The van der Waals surface area contributed by atoms with Gasteiger partial charge < -0.3 is 19.7 Å². The molecule has 2 aromatic carbocycles. The van der Waals surface area contributed by atoms with Crippen LogP contribution in [0.2, 0.25) is 5.02 Å². The van der Waals surface area contributed by atoms with Gasteiger partial charge in [0.2, 0.25) is 0 Å². The molecule has 0 aliphatic carbocycles. The summed E-state index contributed by atoms with van der Waals surface area (Å²) in [5.74, 6) is 1.60. The second-order valence-corrected chi connectivity index (χ2v) is 6.86. The van der Waals surface area contributed by atoms with Crippen molar-refractivity contribution < 1.29 is 9.47 Å². The van der Waals surface area contributed by atoms with Gasteiger partial charge in [0.05, 0.1) is 6.61 Å². The van der Waals surface area contributed by atoms with E-state index in [1.807, 2.05) is 43.3 Å². The first kappa shape index (κ1) is 20.6. The Hall–Kier alpha value is -1.75. The maximum absolute atomic E-state index is 6.13. The Morgan fingerprint density at radius 3 is 2.50 bits per heavy atom. The average Bonchev–Trinajstić information content (AvgIpc) is 2.62. The van der Waals surface area contributed by atoms with Crippen molar-refractivity contribution in [3.63, 3.8) is 0 Å². The molecule has 0 saturated heterocycles. The number of nitrogens with one attached hydrogen (secondary N) is 1. The predicted octanol–water partition coefficient (Wildman–Crippen LogP) is 4.36. The lowest BCUT2D eigenvalue weighted by Crippen LogP contribution is -2.21. The lowest BCUT2D eigenvalue weighted by molar-refractivity contribution is 0.266. The molecule has 1 N–H and O–H groups in total. The minimum Gasteiger partial charge on any atom is -0.490 e. The smallest absolute Gasteiger partial charge is 0.166 e. The highest BCUT2D eigenvalue weighted by Gasteiger charge is 2.11. The third-order valence-electron chi connectivity index (χ3n) is 3.93. The second kappa shape index (κ2) is 11.1. The summed E-state index contributed by atoms with van der Waals surface area (Å²) in [7, 11) is 4.18. The van der Waals surface area contributed by atoms with Gasteiger partial charge in [0.1, 0.15) is 6.61 Å². The summed E-state index contributed by atoms with van der Waals surface area (Å²) in [4.78, 5) is 2.19. The summed E-state index contributed by atoms with van der Waals surface area (Å²) in [6.45, 7) is 5.87. The molecule has 0 radical (unpaired) electrons. The topological polar surface area (TPSA) is 33.7 Å². The molecular formula is C21H29ClN2O2. The third kappa shape index (κ3) is 6.87. The molecule has 5 heteroatoms. The van der Waals surface area contributed by atoms with Crippen LogP contribution >= 0.6 is 11.6 Å². The standard InChI is InChI=1S/C21H29ClN2O2/c1-4-25-20-8-5-7-18(15-23-13-6-14-24(2)3)21(20)26-16-17-9-11-19(22)12-10-17/h5,7-12,23H,4,6,13-16H2,1-3H3. The van der Waals surface area contributed by atoms with Crippen LogP contribution in [0.3, 0.4) is 0 Å². The summed E-state index contributed by atoms with van der Waals surface area (Å²) in [6, 6.07) is 13.8. The van der Waals surface area contributed by atoms with Gasteiger partial charge >= 0.3 is 0 Å². The van der Waals surface area contributed by atoms with Gasteiger partial charge in [-0.3, -0.25) is 0 Å². The van der Waals surface area contributed by atoms with Crippen LogP contribution < -0.4 is 14.8 Å². The van der Waals surface area contributed by atoms with Crippen LogP contribution in [0.15, 0.2) is 42.5 Å². The number of nitrogens with zero attached hydrogens (tertiary/aromatic N) is 1. The summed E-state index contributed by atoms with van der Waals surface area (Å²) in [6.07, 6.45) is 1.11. The van der Waals surface area contributed by atoms with Crippen LogP contribution in [0.5, 0.6) is 11.5 Å². The number of rotatable bonds is 11. The molecule has 142 valence electrons. The van der Waals surface area contributed by atoms with Crippen LogP contribution in [0.4, 0.5) is 0 Å². The zero-order valence-corrected chi connectivity index (χ0v) is 16.7. The van der Waals surface area contributed by atoms with E-state index in [1.54, 1.807) is 0 Å². The lowest BCUT2D eigenvalue weighted by Gasteiger charge is -2.17. The van der Waals surface area contributed by atoms with Gasteiger partial charge in [-0.2, -0.15) is 0 Å². The Morgan fingerprint density at radius 1 is 1.04 bits per heavy atom. The van der Waals surface area contributed by atoms with Crippen molar-refractivity contribution in [2.75, 3.05) is 33.8 Å². The Morgan fingerprint density at radius 2 is 1.81 bits per heavy atom. The fourth-order valence-corrected chi connectivity index (χ4v) is 2.74. The number of hydrogen-bond donors (Lipinski definition) is 1. The molecule has 26 heavy (non-hydrogen) atoms. The van der Waals surface area contributed by atoms with Gasteiger partial charge in [-0.1, -0.05) is 35.9 Å². The van der Waals surface area contributed by atoms with E-state index in [0.29, 0.717) is 13.2 Å². The fraction of sp³-hybridized carbons (Fsp3) is 0.429. The number of para-hydroxylation sites is 1. The van der Waals surface area contributed by atoms with Crippen LogP contribution in [0, 0.1) is 0 Å². The van der Waals surface area contributed by atoms with Crippen LogP contribution in [-0.4, -0.2) is 38.7 Å². The van der Waals surface area contributed by atoms with Crippen LogP contribution in [0.25, 0.3) is 0 Å². The Kier molecular flexibility index (Phi) is 8.75. The minimum atomic E-state index is 0.481. The van der Waals surface area contributed by atoms with Crippen molar-refractivity contribution in [3.8, 4) is 11.5 Å². The molecule has 2 rings (SSSR count). The van der Waals surface area contributed by atoms with E-state index < -0.39 is 0 Å². The Balaban J connectivity index is 2.01. The van der Waals surface area contributed by atoms with Crippen LogP contribution in [0.1, 0.15) is 24.5 Å². The Bertz CT molecular complexity index is 660. The maximum atomic E-state index is 6.13. The summed E-state index contributed by atoms with van der Waals surface area (Å²) in [5.41, 5.74) is 2.18. The molecule has 0 aliphatic rings. The molecule has 0 aliphatic heterocycles. The van der Waals surface area contributed by atoms with E-state index in [-0.39, 0.29) is 0 Å².